The maximum absolute atomic E-state index is 8.79. The third-order valence-electron chi connectivity index (χ3n) is 3.28. The molecule has 0 aromatic carbocycles. The zero-order chi connectivity index (χ0) is 12.6. The highest BCUT2D eigenvalue weighted by molar-refractivity contribution is 5.03. The van der Waals surface area contributed by atoms with Gasteiger partial charge in [-0.15, -0.1) is 0 Å². The highest BCUT2D eigenvalue weighted by Crippen LogP contribution is 2.20. The Bertz CT molecular complexity index is 335. The van der Waals surface area contributed by atoms with E-state index in [1.807, 2.05) is 12.4 Å². The van der Waals surface area contributed by atoms with Crippen LogP contribution in [0.25, 0.3) is 0 Å². The van der Waals surface area contributed by atoms with Crippen LogP contribution < -0.4 is 5.32 Å². The minimum Gasteiger partial charge on any atom is -0.394 e. The summed E-state index contributed by atoms with van der Waals surface area (Å²) in [4.78, 5) is 0. The number of nitrogens with zero attached hydrogens (tertiary/aromatic N) is 2. The van der Waals surface area contributed by atoms with Gasteiger partial charge in [-0.2, -0.15) is 5.10 Å². The Morgan fingerprint density at radius 2 is 2.28 bits per heavy atom. The molecule has 5 heteroatoms. The largest absolute Gasteiger partial charge is 0.394 e. The third-order valence-corrected chi connectivity index (χ3v) is 3.28. The van der Waals surface area contributed by atoms with Gasteiger partial charge in [0.25, 0.3) is 0 Å². The van der Waals surface area contributed by atoms with Gasteiger partial charge in [-0.05, 0) is 12.8 Å². The van der Waals surface area contributed by atoms with Gasteiger partial charge in [0.15, 0.2) is 0 Å². The Balaban J connectivity index is 1.54. The quantitative estimate of drug-likeness (QED) is 0.677. The first-order chi connectivity index (χ1) is 8.88. The van der Waals surface area contributed by atoms with Crippen molar-refractivity contribution >= 4 is 0 Å². The molecule has 2 N–H and O–H groups in total. The molecular formula is C13H23N3O2. The minimum atomic E-state index is 0.129. The summed E-state index contributed by atoms with van der Waals surface area (Å²) in [7, 11) is 0. The molecule has 1 aromatic heterocycles. The Labute approximate surface area is 108 Å². The van der Waals surface area contributed by atoms with Crippen LogP contribution in [0, 0.1) is 0 Å². The van der Waals surface area contributed by atoms with Crippen molar-refractivity contribution in [3.8, 4) is 0 Å². The molecule has 0 spiro atoms. The second-order valence-corrected chi connectivity index (χ2v) is 4.79. The average molecular weight is 253 g/mol. The molecule has 0 unspecified atom stereocenters. The van der Waals surface area contributed by atoms with E-state index in [1.165, 1.54) is 25.7 Å². The summed E-state index contributed by atoms with van der Waals surface area (Å²) >= 11 is 0. The summed E-state index contributed by atoms with van der Waals surface area (Å²) < 4.78 is 7.52. The van der Waals surface area contributed by atoms with E-state index in [2.05, 4.69) is 10.4 Å². The van der Waals surface area contributed by atoms with Gasteiger partial charge in [-0.3, -0.25) is 4.68 Å². The smallest absolute Gasteiger partial charge is 0.0640 e. The van der Waals surface area contributed by atoms with Crippen LogP contribution in [0.2, 0.25) is 0 Å². The lowest BCUT2D eigenvalue weighted by Crippen LogP contribution is -2.21. The Kier molecular flexibility index (Phi) is 5.64. The lowest BCUT2D eigenvalue weighted by Gasteiger charge is -2.10. The summed E-state index contributed by atoms with van der Waals surface area (Å²) in [5.74, 6) is 0. The van der Waals surface area contributed by atoms with Crippen LogP contribution in [0.4, 0.5) is 0 Å². The number of hydrogen-bond donors (Lipinski definition) is 2. The minimum absolute atomic E-state index is 0.129. The molecule has 0 radical (unpaired) electrons. The Morgan fingerprint density at radius 3 is 3.06 bits per heavy atom. The topological polar surface area (TPSA) is 59.3 Å². The van der Waals surface area contributed by atoms with Gasteiger partial charge in [0, 0.05) is 24.8 Å². The maximum Gasteiger partial charge on any atom is 0.0640 e. The maximum atomic E-state index is 8.79. The molecule has 0 aliphatic heterocycles. The molecule has 5 nitrogen and oxygen atoms in total. The van der Waals surface area contributed by atoms with Gasteiger partial charge in [0.2, 0.25) is 0 Å². The monoisotopic (exact) mass is 253 g/mol. The first-order valence-corrected chi connectivity index (χ1v) is 6.83. The number of rotatable bonds is 8. The van der Waals surface area contributed by atoms with E-state index in [-0.39, 0.29) is 6.61 Å². The molecule has 0 atom stereocenters. The summed E-state index contributed by atoms with van der Waals surface area (Å²) in [5.41, 5.74) is 1.14. The fraction of sp³-hybridized carbons (Fsp3) is 0.769. The average Bonchev–Trinajstić information content (AvgIpc) is 3.01. The predicted molar refractivity (Wildman–Crippen MR) is 69.2 cm³/mol. The Hall–Kier alpha value is -0.910. The van der Waals surface area contributed by atoms with Crippen molar-refractivity contribution < 1.29 is 9.84 Å². The van der Waals surface area contributed by atoms with Crippen molar-refractivity contribution in [1.29, 1.82) is 0 Å². The summed E-state index contributed by atoms with van der Waals surface area (Å²) in [6.45, 7) is 3.16. The van der Waals surface area contributed by atoms with Crippen LogP contribution >= 0.6 is 0 Å². The molecule has 0 bridgehead atoms. The van der Waals surface area contributed by atoms with E-state index in [1.54, 1.807) is 4.68 Å². The summed E-state index contributed by atoms with van der Waals surface area (Å²) in [6.07, 6.45) is 9.40. The second-order valence-electron chi connectivity index (χ2n) is 4.79. The van der Waals surface area contributed by atoms with E-state index in [0.29, 0.717) is 12.6 Å². The normalized spacial score (nSPS) is 16.5. The van der Waals surface area contributed by atoms with Crippen LogP contribution in [0.5, 0.6) is 0 Å². The van der Waals surface area contributed by atoms with Gasteiger partial charge in [0.1, 0.15) is 0 Å². The number of nitrogens with one attached hydrogen (secondary N) is 1. The molecule has 1 aliphatic rings. The lowest BCUT2D eigenvalue weighted by atomic mass is 10.3. The highest BCUT2D eigenvalue weighted by atomic mass is 16.5. The van der Waals surface area contributed by atoms with Crippen molar-refractivity contribution in [2.75, 3.05) is 19.8 Å². The zero-order valence-corrected chi connectivity index (χ0v) is 10.8. The van der Waals surface area contributed by atoms with Gasteiger partial charge in [0.05, 0.1) is 32.1 Å². The van der Waals surface area contributed by atoms with E-state index in [4.69, 9.17) is 9.84 Å². The first kappa shape index (κ1) is 13.5. The molecule has 1 aliphatic carbocycles. The number of ether oxygens (including phenoxy) is 1. The van der Waals surface area contributed by atoms with Gasteiger partial charge in [-0.25, -0.2) is 0 Å². The molecule has 1 heterocycles. The third kappa shape index (κ3) is 4.40. The summed E-state index contributed by atoms with van der Waals surface area (Å²) in [5, 5.41) is 16.3. The van der Waals surface area contributed by atoms with Crippen LogP contribution in [-0.4, -0.2) is 40.7 Å². The fourth-order valence-corrected chi connectivity index (χ4v) is 2.31. The second kappa shape index (κ2) is 7.51. The molecule has 0 amide bonds. The highest BCUT2D eigenvalue weighted by Gasteiger charge is 2.14. The molecule has 1 saturated carbocycles. The van der Waals surface area contributed by atoms with Crippen LogP contribution in [0.1, 0.15) is 31.2 Å². The molecule has 0 saturated heterocycles. The van der Waals surface area contributed by atoms with Crippen LogP contribution in [-0.2, 0) is 17.8 Å². The molecule has 1 aromatic rings. The SMILES string of the molecule is OCCn1cc(CNCCOC2CCCC2)cn1. The van der Waals surface area contributed by atoms with Crippen LogP contribution in [0.3, 0.4) is 0 Å². The van der Waals surface area contributed by atoms with Gasteiger partial charge in [-0.1, -0.05) is 12.8 Å². The molecule has 2 rings (SSSR count). The van der Waals surface area contributed by atoms with E-state index < -0.39 is 0 Å². The van der Waals surface area contributed by atoms with Crippen molar-refractivity contribution in [3.63, 3.8) is 0 Å². The first-order valence-electron chi connectivity index (χ1n) is 6.83. The molecule has 1 fully saturated rings. The number of aliphatic hydroxyl groups is 1. The zero-order valence-electron chi connectivity index (χ0n) is 10.8. The Morgan fingerprint density at radius 1 is 1.44 bits per heavy atom. The van der Waals surface area contributed by atoms with Gasteiger partial charge < -0.3 is 15.2 Å². The fourth-order valence-electron chi connectivity index (χ4n) is 2.31. The van der Waals surface area contributed by atoms with Crippen molar-refractivity contribution in [1.82, 2.24) is 15.1 Å². The van der Waals surface area contributed by atoms with Crippen molar-refractivity contribution in [2.45, 2.75) is 44.9 Å². The summed E-state index contributed by atoms with van der Waals surface area (Å²) in [6, 6.07) is 0. The predicted octanol–water partition coefficient (Wildman–Crippen LogP) is 0.924. The van der Waals surface area contributed by atoms with Gasteiger partial charge >= 0.3 is 0 Å². The number of aliphatic hydroxyl groups excluding tert-OH is 1. The van der Waals surface area contributed by atoms with Crippen molar-refractivity contribution in [3.05, 3.63) is 18.0 Å². The van der Waals surface area contributed by atoms with Crippen molar-refractivity contribution in [2.24, 2.45) is 0 Å². The van der Waals surface area contributed by atoms with E-state index in [9.17, 15) is 0 Å². The van der Waals surface area contributed by atoms with Crippen LogP contribution in [0.15, 0.2) is 12.4 Å². The lowest BCUT2D eigenvalue weighted by molar-refractivity contribution is 0.0603. The number of hydrogen-bond acceptors (Lipinski definition) is 4. The molecular weight excluding hydrogens is 230 g/mol. The number of aromatic nitrogens is 2. The molecule has 18 heavy (non-hydrogen) atoms. The van der Waals surface area contributed by atoms with E-state index >= 15 is 0 Å². The molecule has 102 valence electrons. The van der Waals surface area contributed by atoms with E-state index in [0.717, 1.165) is 25.3 Å². The standard InChI is InChI=1S/C13H23N3O2/c17-7-6-16-11-12(10-15-16)9-14-5-8-18-13-3-1-2-4-13/h10-11,13-14,17H,1-9H2.